The van der Waals surface area contributed by atoms with Crippen molar-refractivity contribution in [2.45, 2.75) is 26.4 Å². The smallest absolute Gasteiger partial charge is 0.216 e. The zero-order chi connectivity index (χ0) is 21.0. The number of aromatic amines is 1. The number of H-pyrrole nitrogens is 1. The molecule has 3 rings (SSSR count). The minimum absolute atomic E-state index is 0.185. The predicted octanol–water partition coefficient (Wildman–Crippen LogP) is 5.84. The quantitative estimate of drug-likeness (QED) is 0.362. The largest absolute Gasteiger partial charge is 0.493 e. The summed E-state index contributed by atoms with van der Waals surface area (Å²) in [7, 11) is 1.58. The molecule has 1 heterocycles. The lowest BCUT2D eigenvalue weighted by Gasteiger charge is -2.12. The second kappa shape index (κ2) is 9.43. The molecule has 6 nitrogen and oxygen atoms in total. The topological polar surface area (TPSA) is 64.4 Å². The molecule has 0 amide bonds. The third-order valence-electron chi connectivity index (χ3n) is 4.10. The van der Waals surface area contributed by atoms with Gasteiger partial charge in [0, 0.05) is 21.5 Å². The first-order valence-electron chi connectivity index (χ1n) is 8.85. The van der Waals surface area contributed by atoms with Gasteiger partial charge in [-0.2, -0.15) is 14.9 Å². The molecule has 0 fully saturated rings. The van der Waals surface area contributed by atoms with Crippen LogP contribution in [0, 0.1) is 4.77 Å². The molecule has 0 aliphatic rings. The summed E-state index contributed by atoms with van der Waals surface area (Å²) in [6, 6.07) is 10.8. The monoisotopic (exact) mass is 450 g/mol. The van der Waals surface area contributed by atoms with Crippen LogP contribution >= 0.6 is 35.4 Å². The Hall–Kier alpha value is -2.35. The molecule has 0 spiro atoms. The van der Waals surface area contributed by atoms with E-state index in [2.05, 4.69) is 15.3 Å². The van der Waals surface area contributed by atoms with Crippen molar-refractivity contribution in [1.29, 1.82) is 0 Å². The van der Waals surface area contributed by atoms with Gasteiger partial charge < -0.3 is 9.47 Å². The molecule has 29 heavy (non-hydrogen) atoms. The van der Waals surface area contributed by atoms with Crippen LogP contribution in [0.2, 0.25) is 10.0 Å². The number of benzene rings is 2. The molecule has 0 saturated carbocycles. The van der Waals surface area contributed by atoms with Crippen molar-refractivity contribution in [1.82, 2.24) is 14.9 Å². The van der Waals surface area contributed by atoms with E-state index in [0.717, 1.165) is 17.0 Å². The maximum absolute atomic E-state index is 6.20. The summed E-state index contributed by atoms with van der Waals surface area (Å²) in [6.45, 7) is 4.35. The van der Waals surface area contributed by atoms with Gasteiger partial charge in [-0.25, -0.2) is 0 Å². The second-order valence-electron chi connectivity index (χ2n) is 6.53. The normalized spacial score (nSPS) is 11.4. The molecule has 3 aromatic rings. The van der Waals surface area contributed by atoms with Gasteiger partial charge in [0.05, 0.1) is 13.3 Å². The van der Waals surface area contributed by atoms with Gasteiger partial charge >= 0.3 is 0 Å². The van der Waals surface area contributed by atoms with E-state index in [4.69, 9.17) is 44.9 Å². The zero-order valence-electron chi connectivity index (χ0n) is 16.1. The summed E-state index contributed by atoms with van der Waals surface area (Å²) in [6.07, 6.45) is 1.69. The summed E-state index contributed by atoms with van der Waals surface area (Å²) in [5.41, 5.74) is 1.66. The number of halogens is 2. The number of rotatable bonds is 7. The first-order chi connectivity index (χ1) is 13.9. The Morgan fingerprint density at radius 1 is 1.21 bits per heavy atom. The molecule has 0 aliphatic carbocycles. The van der Waals surface area contributed by atoms with Gasteiger partial charge in [-0.15, -0.1) is 0 Å². The van der Waals surface area contributed by atoms with Crippen LogP contribution < -0.4 is 9.47 Å². The van der Waals surface area contributed by atoms with E-state index in [1.165, 1.54) is 0 Å². The number of aromatic nitrogens is 3. The molecular formula is C20H20Cl2N4O2S. The van der Waals surface area contributed by atoms with Crippen molar-refractivity contribution < 1.29 is 9.47 Å². The lowest BCUT2D eigenvalue weighted by atomic mass is 10.2. The Balaban J connectivity index is 1.78. The molecule has 0 atom stereocenters. The maximum atomic E-state index is 6.20. The second-order valence-corrected chi connectivity index (χ2v) is 7.76. The van der Waals surface area contributed by atoms with Crippen molar-refractivity contribution in [3.63, 3.8) is 0 Å². The standard InChI is InChI=1S/C20H20Cl2N4O2S/c1-12(2)19-24-25-20(29)26(19)23-10-13-4-7-17(18(8-13)27-3)28-11-14-5-6-15(21)9-16(14)22/h4-10,12H,11H2,1-3H3,(H,25,29)/b23-10+. The van der Waals surface area contributed by atoms with Crippen LogP contribution in [0.15, 0.2) is 41.5 Å². The minimum atomic E-state index is 0.185. The number of nitrogens with one attached hydrogen (secondary N) is 1. The molecule has 0 saturated heterocycles. The average molecular weight is 451 g/mol. The van der Waals surface area contributed by atoms with Gasteiger partial charge in [-0.05, 0) is 48.1 Å². The molecule has 2 aromatic carbocycles. The summed E-state index contributed by atoms with van der Waals surface area (Å²) in [4.78, 5) is 0. The van der Waals surface area contributed by atoms with E-state index in [1.807, 2.05) is 38.1 Å². The van der Waals surface area contributed by atoms with Crippen LogP contribution in [0.4, 0.5) is 0 Å². The molecule has 0 bridgehead atoms. The fourth-order valence-electron chi connectivity index (χ4n) is 2.59. The Bertz CT molecular complexity index is 1090. The molecule has 1 N–H and O–H groups in total. The van der Waals surface area contributed by atoms with Crippen LogP contribution in [-0.4, -0.2) is 28.2 Å². The van der Waals surface area contributed by atoms with Gasteiger partial charge in [-0.3, -0.25) is 5.10 Å². The number of ether oxygens (including phenoxy) is 2. The highest BCUT2D eigenvalue weighted by Gasteiger charge is 2.10. The van der Waals surface area contributed by atoms with Gasteiger partial charge in [0.2, 0.25) is 4.77 Å². The lowest BCUT2D eigenvalue weighted by Crippen LogP contribution is -2.01. The SMILES string of the molecule is COc1cc(/C=N/n2c(C(C)C)n[nH]c2=S)ccc1OCc1ccc(Cl)cc1Cl. The highest BCUT2D eigenvalue weighted by Crippen LogP contribution is 2.30. The summed E-state index contributed by atoms with van der Waals surface area (Å²) in [5, 5.41) is 12.6. The number of hydrogen-bond acceptors (Lipinski definition) is 5. The fourth-order valence-corrected chi connectivity index (χ4v) is 3.24. The van der Waals surface area contributed by atoms with Crippen LogP contribution in [0.3, 0.4) is 0 Å². The number of hydrogen-bond donors (Lipinski definition) is 1. The highest BCUT2D eigenvalue weighted by molar-refractivity contribution is 7.71. The Morgan fingerprint density at radius 3 is 2.69 bits per heavy atom. The molecule has 152 valence electrons. The average Bonchev–Trinajstić information content (AvgIpc) is 3.06. The Labute approximate surface area is 184 Å². The van der Waals surface area contributed by atoms with Crippen LogP contribution in [0.5, 0.6) is 11.5 Å². The van der Waals surface area contributed by atoms with E-state index in [9.17, 15) is 0 Å². The van der Waals surface area contributed by atoms with Crippen LogP contribution in [0.1, 0.15) is 36.7 Å². The van der Waals surface area contributed by atoms with E-state index in [1.54, 1.807) is 30.1 Å². The lowest BCUT2D eigenvalue weighted by molar-refractivity contribution is 0.284. The van der Waals surface area contributed by atoms with E-state index in [-0.39, 0.29) is 5.92 Å². The van der Waals surface area contributed by atoms with Crippen molar-refractivity contribution in [3.05, 3.63) is 68.2 Å². The first kappa shape index (κ1) is 21.4. The van der Waals surface area contributed by atoms with Crippen molar-refractivity contribution in [2.24, 2.45) is 5.10 Å². The van der Waals surface area contributed by atoms with Gasteiger partial charge in [-0.1, -0.05) is 43.1 Å². The molecular weight excluding hydrogens is 431 g/mol. The zero-order valence-corrected chi connectivity index (χ0v) is 18.5. The number of methoxy groups -OCH3 is 1. The Kier molecular flexibility index (Phi) is 6.95. The predicted molar refractivity (Wildman–Crippen MR) is 118 cm³/mol. The van der Waals surface area contributed by atoms with Crippen LogP contribution in [-0.2, 0) is 6.61 Å². The van der Waals surface area contributed by atoms with E-state index < -0.39 is 0 Å². The molecule has 0 radical (unpaired) electrons. The summed E-state index contributed by atoms with van der Waals surface area (Å²) >= 11 is 17.4. The van der Waals surface area contributed by atoms with Gasteiger partial charge in [0.25, 0.3) is 0 Å². The van der Waals surface area contributed by atoms with Crippen LogP contribution in [0.25, 0.3) is 0 Å². The third kappa shape index (κ3) is 5.18. The minimum Gasteiger partial charge on any atom is -0.493 e. The Morgan fingerprint density at radius 2 is 2.00 bits per heavy atom. The maximum Gasteiger partial charge on any atom is 0.216 e. The van der Waals surface area contributed by atoms with E-state index in [0.29, 0.717) is 32.9 Å². The van der Waals surface area contributed by atoms with Crippen molar-refractivity contribution in [2.75, 3.05) is 7.11 Å². The molecule has 1 aromatic heterocycles. The van der Waals surface area contributed by atoms with E-state index >= 15 is 0 Å². The van der Waals surface area contributed by atoms with Crippen molar-refractivity contribution >= 4 is 41.6 Å². The third-order valence-corrected chi connectivity index (χ3v) is 4.95. The molecule has 0 unspecified atom stereocenters. The van der Waals surface area contributed by atoms with Gasteiger partial charge in [0.1, 0.15) is 6.61 Å². The van der Waals surface area contributed by atoms with Gasteiger partial charge in [0.15, 0.2) is 17.3 Å². The molecule has 9 heteroatoms. The number of nitrogens with zero attached hydrogens (tertiary/aromatic N) is 3. The fraction of sp³-hybridized carbons (Fsp3) is 0.250. The summed E-state index contributed by atoms with van der Waals surface area (Å²) in [5.74, 6) is 2.13. The summed E-state index contributed by atoms with van der Waals surface area (Å²) < 4.78 is 13.4. The first-order valence-corrected chi connectivity index (χ1v) is 10.0. The van der Waals surface area contributed by atoms with Crippen molar-refractivity contribution in [3.8, 4) is 11.5 Å². The highest BCUT2D eigenvalue weighted by atomic mass is 35.5. The molecule has 0 aliphatic heterocycles.